The van der Waals surface area contributed by atoms with E-state index >= 15 is 0 Å². The second kappa shape index (κ2) is 5.85. The van der Waals surface area contributed by atoms with Crippen LogP contribution in [-0.4, -0.2) is 24.9 Å². The molecule has 1 heterocycles. The van der Waals surface area contributed by atoms with Crippen LogP contribution in [0.4, 0.5) is 11.4 Å². The van der Waals surface area contributed by atoms with Crippen molar-refractivity contribution in [2.75, 3.05) is 23.3 Å². The van der Waals surface area contributed by atoms with E-state index in [9.17, 15) is 9.59 Å². The maximum Gasteiger partial charge on any atom is 0.230 e. The molecule has 21 heavy (non-hydrogen) atoms. The van der Waals surface area contributed by atoms with Gasteiger partial charge in [0.2, 0.25) is 11.8 Å². The third-order valence-corrected chi connectivity index (χ3v) is 4.06. The largest absolute Gasteiger partial charge is 0.330 e. The normalized spacial score (nSPS) is 16.7. The first-order chi connectivity index (χ1) is 10.2. The summed E-state index contributed by atoms with van der Waals surface area (Å²) < 4.78 is 0. The minimum absolute atomic E-state index is 0.00990. The number of carbonyl (C=O) groups excluding carboxylic acids is 2. The smallest absolute Gasteiger partial charge is 0.230 e. The topological polar surface area (TPSA) is 75.4 Å². The zero-order valence-electron chi connectivity index (χ0n) is 12.1. The highest BCUT2D eigenvalue weighted by Crippen LogP contribution is 2.37. The van der Waals surface area contributed by atoms with Crippen molar-refractivity contribution in [3.63, 3.8) is 0 Å². The molecule has 0 spiro atoms. The number of rotatable bonds is 5. The molecule has 112 valence electrons. The number of nitrogens with two attached hydrogens (primary N) is 1. The average Bonchev–Trinajstić information content (AvgIpc) is 3.24. The van der Waals surface area contributed by atoms with Crippen LogP contribution in [0.5, 0.6) is 0 Å². The van der Waals surface area contributed by atoms with Gasteiger partial charge in [0.1, 0.15) is 0 Å². The minimum Gasteiger partial charge on any atom is -0.330 e. The number of anilines is 2. The van der Waals surface area contributed by atoms with Gasteiger partial charge >= 0.3 is 0 Å². The van der Waals surface area contributed by atoms with Crippen molar-refractivity contribution in [3.8, 4) is 0 Å². The zero-order valence-corrected chi connectivity index (χ0v) is 12.1. The van der Waals surface area contributed by atoms with Crippen LogP contribution in [0.25, 0.3) is 0 Å². The fourth-order valence-electron chi connectivity index (χ4n) is 2.75. The number of nitrogens with one attached hydrogen (secondary N) is 1. The highest BCUT2D eigenvalue weighted by atomic mass is 16.2. The summed E-state index contributed by atoms with van der Waals surface area (Å²) in [7, 11) is 0. The summed E-state index contributed by atoms with van der Waals surface area (Å²) in [5, 5.41) is 2.89. The Labute approximate surface area is 124 Å². The number of amides is 2. The Kier molecular flexibility index (Phi) is 3.92. The van der Waals surface area contributed by atoms with Gasteiger partial charge in [-0.15, -0.1) is 0 Å². The molecule has 1 aromatic rings. The predicted molar refractivity (Wildman–Crippen MR) is 82.1 cm³/mol. The van der Waals surface area contributed by atoms with Crippen molar-refractivity contribution in [2.24, 2.45) is 11.7 Å². The van der Waals surface area contributed by atoms with E-state index in [1.54, 1.807) is 0 Å². The minimum atomic E-state index is -0.00990. The Hall–Kier alpha value is -1.88. The summed E-state index contributed by atoms with van der Waals surface area (Å²) in [6.07, 6.45) is 4.06. The van der Waals surface area contributed by atoms with E-state index in [4.69, 9.17) is 5.73 Å². The van der Waals surface area contributed by atoms with E-state index in [1.165, 1.54) is 0 Å². The van der Waals surface area contributed by atoms with Gasteiger partial charge in [0.25, 0.3) is 0 Å². The van der Waals surface area contributed by atoms with Crippen molar-refractivity contribution in [1.29, 1.82) is 0 Å². The molecular formula is C16H21N3O2. The van der Waals surface area contributed by atoms with Crippen molar-refractivity contribution in [3.05, 3.63) is 23.8 Å². The molecule has 0 aromatic heterocycles. The van der Waals surface area contributed by atoms with Gasteiger partial charge in [-0.05, 0) is 56.0 Å². The van der Waals surface area contributed by atoms with Crippen LogP contribution in [0.3, 0.4) is 0 Å². The van der Waals surface area contributed by atoms with Crippen LogP contribution in [0.2, 0.25) is 0 Å². The molecule has 1 saturated carbocycles. The third kappa shape index (κ3) is 3.08. The van der Waals surface area contributed by atoms with E-state index in [2.05, 4.69) is 5.32 Å². The molecule has 0 radical (unpaired) electrons. The quantitative estimate of drug-likeness (QED) is 0.865. The molecule has 1 aliphatic heterocycles. The van der Waals surface area contributed by atoms with Gasteiger partial charge in [-0.25, -0.2) is 0 Å². The van der Waals surface area contributed by atoms with Crippen molar-refractivity contribution in [2.45, 2.75) is 32.1 Å². The fourth-order valence-corrected chi connectivity index (χ4v) is 2.75. The first-order valence-corrected chi connectivity index (χ1v) is 7.63. The number of fused-ring (bicyclic) bond motifs is 1. The van der Waals surface area contributed by atoms with E-state index < -0.39 is 0 Å². The first kappa shape index (κ1) is 14.1. The second-order valence-electron chi connectivity index (χ2n) is 5.80. The third-order valence-electron chi connectivity index (χ3n) is 4.06. The number of benzene rings is 1. The molecule has 0 atom stereocenters. The van der Waals surface area contributed by atoms with Crippen LogP contribution < -0.4 is 16.0 Å². The number of carbonyl (C=O) groups is 2. The molecular weight excluding hydrogens is 266 g/mol. The molecule has 0 bridgehead atoms. The Bertz CT molecular complexity index is 567. The predicted octanol–water partition coefficient (Wildman–Crippen LogP) is 1.66. The van der Waals surface area contributed by atoms with E-state index in [0.29, 0.717) is 19.4 Å². The summed E-state index contributed by atoms with van der Waals surface area (Å²) in [5.74, 6) is 0.490. The van der Waals surface area contributed by atoms with E-state index in [0.717, 1.165) is 42.7 Å². The lowest BCUT2D eigenvalue weighted by atomic mass is 10.1. The van der Waals surface area contributed by atoms with Crippen LogP contribution >= 0.6 is 0 Å². The van der Waals surface area contributed by atoms with Gasteiger partial charge in [0, 0.05) is 30.3 Å². The SMILES string of the molecule is NCCCC(=O)Nc1ccc2c(c1)CCN2C(=O)C1CC1. The number of nitrogens with zero attached hydrogens (tertiary/aromatic N) is 1. The van der Waals surface area contributed by atoms with Gasteiger partial charge in [0.15, 0.2) is 0 Å². The van der Waals surface area contributed by atoms with Crippen LogP contribution in [0, 0.1) is 5.92 Å². The molecule has 3 rings (SSSR count). The summed E-state index contributed by atoms with van der Waals surface area (Å²) in [6, 6.07) is 5.80. The molecule has 0 unspecified atom stereocenters. The zero-order chi connectivity index (χ0) is 14.8. The highest BCUT2D eigenvalue weighted by molar-refractivity contribution is 5.99. The van der Waals surface area contributed by atoms with Crippen molar-refractivity contribution in [1.82, 2.24) is 0 Å². The molecule has 3 N–H and O–H groups in total. The lowest BCUT2D eigenvalue weighted by Crippen LogP contribution is -2.30. The number of hydrogen-bond acceptors (Lipinski definition) is 3. The Morgan fingerprint density at radius 2 is 2.14 bits per heavy atom. The second-order valence-corrected chi connectivity index (χ2v) is 5.80. The lowest BCUT2D eigenvalue weighted by Gasteiger charge is -2.17. The Morgan fingerprint density at radius 3 is 2.86 bits per heavy atom. The van der Waals surface area contributed by atoms with Gasteiger partial charge in [-0.1, -0.05) is 0 Å². The monoisotopic (exact) mass is 287 g/mol. The lowest BCUT2D eigenvalue weighted by molar-refractivity contribution is -0.119. The summed E-state index contributed by atoms with van der Waals surface area (Å²) in [5.41, 5.74) is 8.35. The molecule has 0 saturated heterocycles. The summed E-state index contributed by atoms with van der Waals surface area (Å²) >= 11 is 0. The van der Waals surface area contributed by atoms with Crippen LogP contribution in [-0.2, 0) is 16.0 Å². The van der Waals surface area contributed by atoms with Crippen molar-refractivity contribution >= 4 is 23.2 Å². The summed E-state index contributed by atoms with van der Waals surface area (Å²) in [6.45, 7) is 1.28. The molecule has 2 aliphatic rings. The van der Waals surface area contributed by atoms with Gasteiger partial charge in [0.05, 0.1) is 0 Å². The maximum absolute atomic E-state index is 12.2. The van der Waals surface area contributed by atoms with Crippen LogP contribution in [0.15, 0.2) is 18.2 Å². The molecule has 5 heteroatoms. The molecule has 1 aromatic carbocycles. The van der Waals surface area contributed by atoms with Gasteiger partial charge in [-0.3, -0.25) is 9.59 Å². The van der Waals surface area contributed by atoms with Gasteiger partial charge < -0.3 is 16.0 Å². The summed E-state index contributed by atoms with van der Waals surface area (Å²) in [4.78, 5) is 25.8. The highest BCUT2D eigenvalue weighted by Gasteiger charge is 2.36. The molecule has 1 aliphatic carbocycles. The van der Waals surface area contributed by atoms with E-state index in [-0.39, 0.29) is 17.7 Å². The Morgan fingerprint density at radius 1 is 1.33 bits per heavy atom. The van der Waals surface area contributed by atoms with Crippen molar-refractivity contribution < 1.29 is 9.59 Å². The Balaban J connectivity index is 1.68. The molecule has 5 nitrogen and oxygen atoms in total. The van der Waals surface area contributed by atoms with Gasteiger partial charge in [-0.2, -0.15) is 0 Å². The standard InChI is InChI=1S/C16H21N3O2/c17-8-1-2-15(20)18-13-5-6-14-12(10-13)7-9-19(14)16(21)11-3-4-11/h5-6,10-11H,1-4,7-9,17H2,(H,18,20). The average molecular weight is 287 g/mol. The molecule has 2 amide bonds. The van der Waals surface area contributed by atoms with Crippen LogP contribution in [0.1, 0.15) is 31.2 Å². The number of hydrogen-bond donors (Lipinski definition) is 2. The van der Waals surface area contributed by atoms with E-state index in [1.807, 2.05) is 23.1 Å². The molecule has 1 fully saturated rings. The maximum atomic E-state index is 12.2. The first-order valence-electron chi connectivity index (χ1n) is 7.63. The fraction of sp³-hybridized carbons (Fsp3) is 0.500.